The maximum Gasteiger partial charge on any atom is 0.158 e. The molecule has 0 bridgehead atoms. The van der Waals surface area contributed by atoms with Crippen LogP contribution in [0.25, 0.3) is 0 Å². The predicted molar refractivity (Wildman–Crippen MR) is 125 cm³/mol. The molecule has 2 fully saturated rings. The van der Waals surface area contributed by atoms with E-state index in [9.17, 15) is 0 Å². The van der Waals surface area contributed by atoms with Crippen molar-refractivity contribution < 1.29 is 0 Å². The van der Waals surface area contributed by atoms with Crippen LogP contribution in [0, 0.1) is 5.92 Å². The first-order valence-corrected chi connectivity index (χ1v) is 13.1. The third-order valence-corrected chi connectivity index (χ3v) is 8.12. The van der Waals surface area contributed by atoms with Gasteiger partial charge in [0.05, 0.1) is 4.34 Å². The van der Waals surface area contributed by atoms with Gasteiger partial charge in [-0.15, -0.1) is 21.5 Å². The molecule has 2 aliphatic rings. The number of hydrogen-bond donors (Lipinski definition) is 1. The molecule has 0 aliphatic heterocycles. The van der Waals surface area contributed by atoms with Gasteiger partial charge < -0.3 is 4.57 Å². The quantitative estimate of drug-likeness (QED) is 0.437. The van der Waals surface area contributed by atoms with Crippen LogP contribution < -0.4 is 5.32 Å². The van der Waals surface area contributed by atoms with Crippen molar-refractivity contribution in [2.75, 3.05) is 12.0 Å². The average molecular weight is 451 g/mol. The highest BCUT2D eigenvalue weighted by molar-refractivity contribution is 7.98. The van der Waals surface area contributed by atoms with Crippen molar-refractivity contribution in [1.82, 2.24) is 20.1 Å². The van der Waals surface area contributed by atoms with Crippen molar-refractivity contribution in [2.45, 2.75) is 70.0 Å². The fourth-order valence-corrected chi connectivity index (χ4v) is 5.58. The van der Waals surface area contributed by atoms with Crippen LogP contribution in [-0.2, 0) is 12.0 Å². The number of thioether (sulfide) groups is 1. The van der Waals surface area contributed by atoms with Crippen molar-refractivity contribution >= 4 is 34.7 Å². The van der Waals surface area contributed by atoms with E-state index < -0.39 is 5.54 Å². The Hall–Kier alpha value is -0.820. The Balaban J connectivity index is 1.74. The Kier molecular flexibility index (Phi) is 6.45. The number of nitrogens with zero attached hydrogens (tertiary/aromatic N) is 3. The van der Waals surface area contributed by atoms with Crippen LogP contribution in [0.4, 0.5) is 0 Å². The summed E-state index contributed by atoms with van der Waals surface area (Å²) in [5.41, 5.74) is 0.709. The zero-order valence-corrected chi connectivity index (χ0v) is 20.0. The highest BCUT2D eigenvalue weighted by Gasteiger charge is 2.42. The summed E-state index contributed by atoms with van der Waals surface area (Å²) in [6, 6.07) is 4.88. The predicted octanol–water partition coefficient (Wildman–Crippen LogP) is 5.83. The number of aromatic nitrogens is 3. The van der Waals surface area contributed by atoms with Crippen LogP contribution in [-0.4, -0.2) is 32.8 Å². The maximum atomic E-state index is 6.36. The Morgan fingerprint density at radius 3 is 2.69 bits per heavy atom. The van der Waals surface area contributed by atoms with Crippen LogP contribution in [0.2, 0.25) is 4.34 Å². The smallest absolute Gasteiger partial charge is 0.158 e. The SMILES string of the molecule is C=C(C)[C@H](CCSC)NC(C)(c1ccc(Cl)s1)c1nnc(CC2CC2)n1C1CC1. The first kappa shape index (κ1) is 21.4. The lowest BCUT2D eigenvalue weighted by molar-refractivity contribution is 0.359. The zero-order chi connectivity index (χ0) is 20.6. The van der Waals surface area contributed by atoms with Crippen molar-refractivity contribution in [2.24, 2.45) is 5.92 Å². The van der Waals surface area contributed by atoms with Gasteiger partial charge >= 0.3 is 0 Å². The minimum absolute atomic E-state index is 0.213. The molecular formula is C22H31ClN4S2. The van der Waals surface area contributed by atoms with Gasteiger partial charge in [0.2, 0.25) is 0 Å². The van der Waals surface area contributed by atoms with Gasteiger partial charge in [0, 0.05) is 23.4 Å². The molecule has 2 aromatic heterocycles. The molecule has 7 heteroatoms. The van der Waals surface area contributed by atoms with Gasteiger partial charge in [-0.3, -0.25) is 5.32 Å². The summed E-state index contributed by atoms with van der Waals surface area (Å²) in [6.45, 7) is 8.63. The Morgan fingerprint density at radius 1 is 1.38 bits per heavy atom. The molecule has 2 atom stereocenters. The fourth-order valence-electron chi connectivity index (χ4n) is 3.96. The summed E-state index contributed by atoms with van der Waals surface area (Å²) >= 11 is 9.86. The molecule has 2 saturated carbocycles. The van der Waals surface area contributed by atoms with E-state index in [0.29, 0.717) is 6.04 Å². The van der Waals surface area contributed by atoms with Gasteiger partial charge in [-0.2, -0.15) is 11.8 Å². The van der Waals surface area contributed by atoms with E-state index in [1.165, 1.54) is 30.6 Å². The van der Waals surface area contributed by atoms with Crippen LogP contribution in [0.5, 0.6) is 0 Å². The van der Waals surface area contributed by atoms with E-state index in [2.05, 4.69) is 47.7 Å². The first-order valence-electron chi connectivity index (χ1n) is 10.5. The summed E-state index contributed by atoms with van der Waals surface area (Å²) in [4.78, 5) is 1.19. The lowest BCUT2D eigenvalue weighted by atomic mass is 9.94. The van der Waals surface area contributed by atoms with E-state index in [1.807, 2.05) is 17.8 Å². The third kappa shape index (κ3) is 4.76. The lowest BCUT2D eigenvalue weighted by Crippen LogP contribution is -2.48. The number of hydrogen-bond acceptors (Lipinski definition) is 5. The van der Waals surface area contributed by atoms with Crippen LogP contribution in [0.15, 0.2) is 24.3 Å². The largest absolute Gasteiger partial charge is 0.310 e. The van der Waals surface area contributed by atoms with Gasteiger partial charge in [0.1, 0.15) is 11.4 Å². The maximum absolute atomic E-state index is 6.36. The molecular weight excluding hydrogens is 420 g/mol. The Bertz CT molecular complexity index is 868. The fraction of sp³-hybridized carbons (Fsp3) is 0.636. The molecule has 1 N–H and O–H groups in total. The normalized spacial score (nSPS) is 19.9. The molecule has 0 radical (unpaired) electrons. The molecule has 29 heavy (non-hydrogen) atoms. The van der Waals surface area contributed by atoms with Gasteiger partial charge in [-0.1, -0.05) is 23.8 Å². The van der Waals surface area contributed by atoms with Gasteiger partial charge in [-0.05, 0) is 76.0 Å². The first-order chi connectivity index (χ1) is 13.9. The topological polar surface area (TPSA) is 42.7 Å². The minimum Gasteiger partial charge on any atom is -0.310 e. The van der Waals surface area contributed by atoms with Crippen molar-refractivity contribution in [1.29, 1.82) is 0 Å². The van der Waals surface area contributed by atoms with Crippen LogP contribution in [0.1, 0.15) is 68.5 Å². The Labute approximate surface area is 187 Å². The molecule has 4 nitrogen and oxygen atoms in total. The van der Waals surface area contributed by atoms with Crippen LogP contribution >= 0.6 is 34.7 Å². The molecule has 2 aliphatic carbocycles. The summed E-state index contributed by atoms with van der Waals surface area (Å²) in [6.07, 6.45) is 9.35. The van der Waals surface area contributed by atoms with E-state index >= 15 is 0 Å². The number of thiophene rings is 1. The monoisotopic (exact) mass is 450 g/mol. The molecule has 0 saturated heterocycles. The van der Waals surface area contributed by atoms with E-state index in [-0.39, 0.29) is 6.04 Å². The summed E-state index contributed by atoms with van der Waals surface area (Å²) in [5, 5.41) is 13.4. The summed E-state index contributed by atoms with van der Waals surface area (Å²) in [5.74, 6) is 4.08. The molecule has 158 valence electrons. The second-order valence-electron chi connectivity index (χ2n) is 8.74. The number of nitrogens with one attached hydrogen (secondary N) is 1. The standard InChI is InChI=1S/C22H31ClN4S2/c1-14(2)17(11-12-28-4)24-22(3,18-9-10-19(23)29-18)21-26-25-20(13-15-5-6-15)27(21)16-7-8-16/h9-10,15-17,24H,1,5-8,11-13H2,2-4H3/t17-,22?/m0/s1. The summed E-state index contributed by atoms with van der Waals surface area (Å²) < 4.78 is 3.25. The molecule has 0 spiro atoms. The van der Waals surface area contributed by atoms with Gasteiger partial charge in [-0.25, -0.2) is 0 Å². The van der Waals surface area contributed by atoms with Gasteiger partial charge in [0.25, 0.3) is 0 Å². The highest BCUT2D eigenvalue weighted by atomic mass is 35.5. The van der Waals surface area contributed by atoms with Crippen molar-refractivity contribution in [3.8, 4) is 0 Å². The minimum atomic E-state index is -0.447. The van der Waals surface area contributed by atoms with Crippen molar-refractivity contribution in [3.05, 3.63) is 45.1 Å². The lowest BCUT2D eigenvalue weighted by Gasteiger charge is -2.34. The molecule has 0 amide bonds. The second kappa shape index (κ2) is 8.74. The Morgan fingerprint density at radius 2 is 2.14 bits per heavy atom. The van der Waals surface area contributed by atoms with E-state index in [1.54, 1.807) is 11.3 Å². The molecule has 4 rings (SSSR count). The van der Waals surface area contributed by atoms with Gasteiger partial charge in [0.15, 0.2) is 5.82 Å². The van der Waals surface area contributed by atoms with E-state index in [4.69, 9.17) is 16.7 Å². The van der Waals surface area contributed by atoms with Crippen LogP contribution in [0.3, 0.4) is 0 Å². The highest BCUT2D eigenvalue weighted by Crippen LogP contribution is 2.44. The molecule has 1 unspecified atom stereocenters. The zero-order valence-electron chi connectivity index (χ0n) is 17.6. The number of rotatable bonds is 11. The second-order valence-corrected chi connectivity index (χ2v) is 11.4. The van der Waals surface area contributed by atoms with Crippen molar-refractivity contribution in [3.63, 3.8) is 0 Å². The molecule has 2 aromatic rings. The van der Waals surface area contributed by atoms with E-state index in [0.717, 1.165) is 46.1 Å². The molecule has 2 heterocycles. The average Bonchev–Trinajstić information content (AvgIpc) is 3.60. The third-order valence-electron chi connectivity index (χ3n) is 6.03. The summed E-state index contributed by atoms with van der Waals surface area (Å²) in [7, 11) is 0. The number of halogens is 1. The molecule has 0 aromatic carbocycles.